The molecule has 0 fully saturated rings. The van der Waals surface area contributed by atoms with Crippen molar-refractivity contribution in [2.45, 2.75) is 32.2 Å². The lowest BCUT2D eigenvalue weighted by atomic mass is 9.94. The quantitative estimate of drug-likeness (QED) is 0.777. The molecule has 0 saturated heterocycles. The number of amides is 1. The highest BCUT2D eigenvalue weighted by Gasteiger charge is 2.22. The first kappa shape index (κ1) is 22.8. The minimum atomic E-state index is -0.394. The van der Waals surface area contributed by atoms with E-state index in [4.69, 9.17) is 5.73 Å². The van der Waals surface area contributed by atoms with Crippen LogP contribution in [0.2, 0.25) is 0 Å². The van der Waals surface area contributed by atoms with Crippen molar-refractivity contribution in [3.05, 3.63) is 41.2 Å². The van der Waals surface area contributed by atoms with E-state index in [0.717, 1.165) is 12.8 Å². The van der Waals surface area contributed by atoms with Crippen LogP contribution in [0.15, 0.2) is 30.5 Å². The molecular weight excluding hydrogens is 372 g/mol. The number of nitrogens with one attached hydrogen (secondary N) is 1. The Morgan fingerprint density at radius 1 is 1.29 bits per heavy atom. The van der Waals surface area contributed by atoms with Crippen LogP contribution in [0, 0.1) is 5.82 Å². The van der Waals surface area contributed by atoms with Gasteiger partial charge < -0.3 is 11.1 Å². The van der Waals surface area contributed by atoms with E-state index in [1.54, 1.807) is 18.2 Å². The van der Waals surface area contributed by atoms with Crippen molar-refractivity contribution in [1.29, 1.82) is 0 Å². The molecule has 0 unspecified atom stereocenters. The minimum Gasteiger partial charge on any atom is -0.349 e. The second-order valence-corrected chi connectivity index (χ2v) is 6.29. The zero-order valence-corrected chi connectivity index (χ0v) is 16.0. The van der Waals surface area contributed by atoms with Crippen molar-refractivity contribution in [2.24, 2.45) is 5.73 Å². The van der Waals surface area contributed by atoms with Crippen molar-refractivity contribution in [3.8, 4) is 10.6 Å². The molecule has 8 heteroatoms. The summed E-state index contributed by atoms with van der Waals surface area (Å²) in [5, 5.41) is 3.33. The Kier molecular flexibility index (Phi) is 9.43. The van der Waals surface area contributed by atoms with Crippen molar-refractivity contribution in [3.63, 3.8) is 0 Å². The molecule has 0 bridgehead atoms. The Hall–Kier alpha value is -1.21. The summed E-state index contributed by atoms with van der Waals surface area (Å²) in [4.78, 5) is 16.8. The molecule has 2 rings (SSSR count). The average Bonchev–Trinajstić information content (AvgIpc) is 3.02. The predicted octanol–water partition coefficient (Wildman–Crippen LogP) is 4.04. The van der Waals surface area contributed by atoms with Gasteiger partial charge in [-0.15, -0.1) is 36.2 Å². The standard InChI is InChI=1S/C16H20FN3OS.2ClH/c1-3-16(18,4-2)10-20-14(21)13-9-19-15(22-13)11-7-5-6-8-12(11)17;;/h5-9H,3-4,10,18H2,1-2H3,(H,20,21);2*1H. The fourth-order valence-corrected chi connectivity index (χ4v) is 2.84. The third-order valence-corrected chi connectivity index (χ3v) is 4.87. The van der Waals surface area contributed by atoms with Crippen LogP contribution in [-0.2, 0) is 0 Å². The summed E-state index contributed by atoms with van der Waals surface area (Å²) >= 11 is 1.17. The largest absolute Gasteiger partial charge is 0.349 e. The summed E-state index contributed by atoms with van der Waals surface area (Å²) in [6.07, 6.45) is 3.04. The number of nitrogens with two attached hydrogens (primary N) is 1. The van der Waals surface area contributed by atoms with Crippen molar-refractivity contribution in [1.82, 2.24) is 10.3 Å². The highest BCUT2D eigenvalue weighted by molar-refractivity contribution is 7.16. The molecule has 134 valence electrons. The van der Waals surface area contributed by atoms with Gasteiger partial charge in [0.1, 0.15) is 15.7 Å². The molecule has 0 aliphatic carbocycles. The maximum Gasteiger partial charge on any atom is 0.263 e. The van der Waals surface area contributed by atoms with Crippen LogP contribution in [0.1, 0.15) is 36.4 Å². The molecule has 0 atom stereocenters. The van der Waals surface area contributed by atoms with Crippen molar-refractivity contribution in [2.75, 3.05) is 6.54 Å². The number of nitrogens with zero attached hydrogens (tertiary/aromatic N) is 1. The molecule has 3 N–H and O–H groups in total. The number of hydrogen-bond acceptors (Lipinski definition) is 4. The van der Waals surface area contributed by atoms with Crippen LogP contribution in [0.25, 0.3) is 10.6 Å². The van der Waals surface area contributed by atoms with E-state index >= 15 is 0 Å². The summed E-state index contributed by atoms with van der Waals surface area (Å²) < 4.78 is 13.7. The average molecular weight is 394 g/mol. The van der Waals surface area contributed by atoms with Gasteiger partial charge in [-0.3, -0.25) is 4.79 Å². The van der Waals surface area contributed by atoms with Gasteiger partial charge in [-0.25, -0.2) is 9.37 Å². The third-order valence-electron chi connectivity index (χ3n) is 3.84. The number of hydrogen-bond donors (Lipinski definition) is 2. The number of carbonyl (C=O) groups is 1. The molecule has 0 aliphatic heterocycles. The Morgan fingerprint density at radius 2 is 1.92 bits per heavy atom. The van der Waals surface area contributed by atoms with E-state index in [9.17, 15) is 9.18 Å². The molecule has 1 aromatic heterocycles. The molecule has 0 spiro atoms. The van der Waals surface area contributed by atoms with Gasteiger partial charge in [0, 0.05) is 17.6 Å². The second kappa shape index (κ2) is 9.93. The normalized spacial score (nSPS) is 10.5. The van der Waals surface area contributed by atoms with Gasteiger partial charge in [-0.2, -0.15) is 0 Å². The third kappa shape index (κ3) is 5.41. The molecule has 24 heavy (non-hydrogen) atoms. The van der Waals surface area contributed by atoms with Crippen LogP contribution in [-0.4, -0.2) is 23.0 Å². The maximum atomic E-state index is 13.7. The van der Waals surface area contributed by atoms with Crippen LogP contribution >= 0.6 is 36.2 Å². The van der Waals surface area contributed by atoms with Crippen LogP contribution < -0.4 is 11.1 Å². The van der Waals surface area contributed by atoms with Gasteiger partial charge in [0.25, 0.3) is 5.91 Å². The first-order valence-corrected chi connectivity index (χ1v) is 8.08. The molecular formula is C16H22Cl2FN3OS. The fraction of sp³-hybridized carbons (Fsp3) is 0.375. The highest BCUT2D eigenvalue weighted by atomic mass is 35.5. The summed E-state index contributed by atoms with van der Waals surface area (Å²) in [6, 6.07) is 6.39. The summed E-state index contributed by atoms with van der Waals surface area (Å²) in [7, 11) is 0. The summed E-state index contributed by atoms with van der Waals surface area (Å²) in [5.41, 5.74) is 6.17. The van der Waals surface area contributed by atoms with E-state index < -0.39 is 5.54 Å². The van der Waals surface area contributed by atoms with Gasteiger partial charge in [0.15, 0.2) is 0 Å². The highest BCUT2D eigenvalue weighted by Crippen LogP contribution is 2.27. The lowest BCUT2D eigenvalue weighted by Gasteiger charge is -2.26. The molecule has 1 amide bonds. The maximum absolute atomic E-state index is 13.7. The number of rotatable bonds is 6. The van der Waals surface area contributed by atoms with Gasteiger partial charge in [-0.1, -0.05) is 26.0 Å². The SMILES string of the molecule is CCC(N)(CC)CNC(=O)c1cnc(-c2ccccc2F)s1.Cl.Cl. The Bertz CT molecular complexity index is 662. The molecule has 1 aromatic carbocycles. The number of thiazole rings is 1. The molecule has 0 saturated carbocycles. The molecule has 0 radical (unpaired) electrons. The predicted molar refractivity (Wildman–Crippen MR) is 102 cm³/mol. The zero-order valence-electron chi connectivity index (χ0n) is 13.5. The van der Waals surface area contributed by atoms with Crippen molar-refractivity contribution >= 4 is 42.1 Å². The Morgan fingerprint density at radius 3 is 2.50 bits per heavy atom. The smallest absolute Gasteiger partial charge is 0.263 e. The van der Waals surface area contributed by atoms with Crippen LogP contribution in [0.5, 0.6) is 0 Å². The van der Waals surface area contributed by atoms with Crippen LogP contribution in [0.3, 0.4) is 0 Å². The number of benzene rings is 1. The zero-order chi connectivity index (χ0) is 16.2. The van der Waals surface area contributed by atoms with Gasteiger partial charge in [0.2, 0.25) is 0 Å². The van der Waals surface area contributed by atoms with E-state index in [1.165, 1.54) is 23.6 Å². The Labute approximate surface area is 157 Å². The molecule has 2 aromatic rings. The van der Waals surface area contributed by atoms with E-state index in [-0.39, 0.29) is 36.5 Å². The number of carbonyl (C=O) groups excluding carboxylic acids is 1. The second-order valence-electron chi connectivity index (χ2n) is 5.26. The fourth-order valence-electron chi connectivity index (χ4n) is 1.98. The Balaban J connectivity index is 0.00000264. The summed E-state index contributed by atoms with van der Waals surface area (Å²) in [6.45, 7) is 4.41. The van der Waals surface area contributed by atoms with Gasteiger partial charge >= 0.3 is 0 Å². The summed E-state index contributed by atoms with van der Waals surface area (Å²) in [5.74, 6) is -0.571. The lowest BCUT2D eigenvalue weighted by Crippen LogP contribution is -2.49. The van der Waals surface area contributed by atoms with Gasteiger partial charge in [-0.05, 0) is 25.0 Å². The van der Waals surface area contributed by atoms with E-state index in [2.05, 4.69) is 10.3 Å². The first-order chi connectivity index (χ1) is 10.5. The number of halogens is 3. The minimum absolute atomic E-state index is 0. The molecule has 1 heterocycles. The van der Waals surface area contributed by atoms with E-state index in [1.807, 2.05) is 13.8 Å². The molecule has 4 nitrogen and oxygen atoms in total. The number of aromatic nitrogens is 1. The van der Waals surface area contributed by atoms with Crippen molar-refractivity contribution < 1.29 is 9.18 Å². The van der Waals surface area contributed by atoms with Crippen LogP contribution in [0.4, 0.5) is 4.39 Å². The lowest BCUT2D eigenvalue weighted by molar-refractivity contribution is 0.0946. The van der Waals surface area contributed by atoms with E-state index in [0.29, 0.717) is 22.0 Å². The first-order valence-electron chi connectivity index (χ1n) is 7.27. The van der Waals surface area contributed by atoms with Gasteiger partial charge in [0.05, 0.1) is 6.20 Å². The topological polar surface area (TPSA) is 68.0 Å². The monoisotopic (exact) mass is 393 g/mol. The molecule has 0 aliphatic rings.